The van der Waals surface area contributed by atoms with Crippen LogP contribution < -0.4 is 19.1 Å². The maximum Gasteiger partial charge on any atom is 0.264 e. The van der Waals surface area contributed by atoms with Crippen LogP contribution in [0.4, 0.5) is 5.69 Å². The number of nitrogens with zero attached hydrogens (tertiary/aromatic N) is 1. The monoisotopic (exact) mass is 542 g/mol. The van der Waals surface area contributed by atoms with Crippen molar-refractivity contribution in [2.45, 2.75) is 31.4 Å². The molecular formula is C28H34N2O5S2. The number of carbonyl (C=O) groups excluding carboxylic acids is 1. The number of ether oxygens (including phenoxy) is 2. The molecule has 9 heteroatoms. The number of aryl methyl sites for hydroxylation is 3. The Kier molecular flexibility index (Phi) is 9.88. The summed E-state index contributed by atoms with van der Waals surface area (Å²) in [6, 6.07) is 18.1. The van der Waals surface area contributed by atoms with E-state index in [1.165, 1.54) is 43.5 Å². The normalized spacial score (nSPS) is 11.2. The minimum Gasteiger partial charge on any atom is -0.493 e. The summed E-state index contributed by atoms with van der Waals surface area (Å²) in [7, 11) is -1.16. The number of carbonyl (C=O) groups is 1. The zero-order valence-electron chi connectivity index (χ0n) is 21.9. The number of anilines is 1. The molecule has 37 heavy (non-hydrogen) atoms. The lowest BCUT2D eigenvalue weighted by Gasteiger charge is -2.25. The van der Waals surface area contributed by atoms with Gasteiger partial charge in [-0.15, -0.1) is 0 Å². The number of hydrogen-bond donors (Lipinski definition) is 1. The van der Waals surface area contributed by atoms with Gasteiger partial charge >= 0.3 is 0 Å². The third-order valence-electron chi connectivity index (χ3n) is 5.81. The van der Waals surface area contributed by atoms with E-state index >= 15 is 0 Å². The number of thioether (sulfide) groups is 1. The second kappa shape index (κ2) is 12.9. The van der Waals surface area contributed by atoms with Gasteiger partial charge in [0.05, 0.1) is 24.8 Å². The topological polar surface area (TPSA) is 84.9 Å². The van der Waals surface area contributed by atoms with E-state index < -0.39 is 10.0 Å². The van der Waals surface area contributed by atoms with E-state index in [9.17, 15) is 13.2 Å². The zero-order valence-corrected chi connectivity index (χ0v) is 23.5. The summed E-state index contributed by atoms with van der Waals surface area (Å²) >= 11 is 1.72. The molecule has 0 aliphatic carbocycles. The molecule has 0 heterocycles. The van der Waals surface area contributed by atoms with E-state index in [-0.39, 0.29) is 17.3 Å². The second-order valence-corrected chi connectivity index (χ2v) is 11.7. The van der Waals surface area contributed by atoms with Crippen LogP contribution in [0.15, 0.2) is 65.6 Å². The number of benzene rings is 3. The summed E-state index contributed by atoms with van der Waals surface area (Å²) in [5.41, 5.74) is 4.73. The zero-order chi connectivity index (χ0) is 27.0. The van der Waals surface area contributed by atoms with Crippen molar-refractivity contribution in [3.05, 3.63) is 82.9 Å². The molecule has 0 atom stereocenters. The Morgan fingerprint density at radius 2 is 1.59 bits per heavy atom. The Labute approximate surface area is 224 Å². The molecule has 198 valence electrons. The molecule has 0 spiro atoms. The highest BCUT2D eigenvalue weighted by Gasteiger charge is 2.28. The molecule has 1 amide bonds. The molecule has 3 rings (SSSR count). The molecule has 3 aromatic carbocycles. The van der Waals surface area contributed by atoms with Gasteiger partial charge in [-0.2, -0.15) is 11.8 Å². The molecule has 0 aromatic heterocycles. The van der Waals surface area contributed by atoms with Gasteiger partial charge in [0.1, 0.15) is 6.54 Å². The first-order valence-electron chi connectivity index (χ1n) is 11.9. The predicted octanol–water partition coefficient (Wildman–Crippen LogP) is 4.87. The van der Waals surface area contributed by atoms with Crippen molar-refractivity contribution in [3.63, 3.8) is 0 Å². The predicted molar refractivity (Wildman–Crippen MR) is 150 cm³/mol. The molecule has 0 aliphatic heterocycles. The highest BCUT2D eigenvalue weighted by molar-refractivity contribution is 7.98. The average Bonchev–Trinajstić information content (AvgIpc) is 2.86. The molecule has 1 N–H and O–H groups in total. The summed E-state index contributed by atoms with van der Waals surface area (Å²) < 4.78 is 39.2. The standard InChI is InChI=1S/C28H34N2O5S2/c1-20-14-21(2)16-24(15-20)30(37(32,33)25-10-11-26(34-4)27(17-25)35-5)18-28(31)29-12-13-36-19-23-9-7-6-8-22(23)3/h6-11,14-17H,12-13,18-19H2,1-5H3,(H,29,31). The van der Waals surface area contributed by atoms with Crippen molar-refractivity contribution < 1.29 is 22.7 Å². The Balaban J connectivity index is 1.76. The third kappa shape index (κ3) is 7.42. The molecule has 3 aromatic rings. The van der Waals surface area contributed by atoms with Gasteiger partial charge < -0.3 is 14.8 Å². The van der Waals surface area contributed by atoms with Crippen molar-refractivity contribution in [1.82, 2.24) is 5.32 Å². The highest BCUT2D eigenvalue weighted by atomic mass is 32.2. The SMILES string of the molecule is COc1ccc(S(=O)(=O)N(CC(=O)NCCSCc2ccccc2C)c2cc(C)cc(C)c2)cc1OC. The van der Waals surface area contributed by atoms with Crippen molar-refractivity contribution >= 4 is 33.4 Å². The lowest BCUT2D eigenvalue weighted by molar-refractivity contribution is -0.119. The van der Waals surface area contributed by atoms with Crippen molar-refractivity contribution in [2.75, 3.05) is 37.4 Å². The van der Waals surface area contributed by atoms with E-state index in [0.717, 1.165) is 21.2 Å². The molecule has 0 unspecified atom stereocenters. The molecule has 0 radical (unpaired) electrons. The fourth-order valence-electron chi connectivity index (χ4n) is 3.92. The minimum absolute atomic E-state index is 0.00546. The molecule has 0 saturated carbocycles. The third-order valence-corrected chi connectivity index (χ3v) is 8.59. The molecule has 0 bridgehead atoms. The first-order valence-corrected chi connectivity index (χ1v) is 14.5. The first-order chi connectivity index (χ1) is 17.6. The van der Waals surface area contributed by atoms with Crippen LogP contribution in [0.3, 0.4) is 0 Å². The van der Waals surface area contributed by atoms with Gasteiger partial charge in [0.2, 0.25) is 5.91 Å². The van der Waals surface area contributed by atoms with Crippen LogP contribution in [0.5, 0.6) is 11.5 Å². The number of hydrogen-bond acceptors (Lipinski definition) is 6. The summed E-state index contributed by atoms with van der Waals surface area (Å²) in [5, 5.41) is 2.87. The Morgan fingerprint density at radius 3 is 2.24 bits per heavy atom. The minimum atomic E-state index is -4.08. The summed E-state index contributed by atoms with van der Waals surface area (Å²) in [4.78, 5) is 12.9. The van der Waals surface area contributed by atoms with E-state index in [4.69, 9.17) is 9.47 Å². The van der Waals surface area contributed by atoms with Crippen LogP contribution in [-0.2, 0) is 20.6 Å². The van der Waals surface area contributed by atoms with E-state index in [0.29, 0.717) is 29.5 Å². The number of nitrogens with one attached hydrogen (secondary N) is 1. The van der Waals surface area contributed by atoms with Gasteiger partial charge in [-0.25, -0.2) is 8.42 Å². The summed E-state index contributed by atoms with van der Waals surface area (Å²) in [6.07, 6.45) is 0. The Morgan fingerprint density at radius 1 is 0.919 bits per heavy atom. The van der Waals surface area contributed by atoms with E-state index in [1.807, 2.05) is 32.0 Å². The Hall–Kier alpha value is -3.17. The van der Waals surface area contributed by atoms with Crippen LogP contribution in [0, 0.1) is 20.8 Å². The summed E-state index contributed by atoms with van der Waals surface area (Å²) in [5.74, 6) is 1.90. The van der Waals surface area contributed by atoms with E-state index in [2.05, 4.69) is 24.4 Å². The fourth-order valence-corrected chi connectivity index (χ4v) is 6.27. The van der Waals surface area contributed by atoms with Gasteiger partial charge in [-0.3, -0.25) is 9.10 Å². The van der Waals surface area contributed by atoms with Crippen molar-refractivity contribution in [2.24, 2.45) is 0 Å². The van der Waals surface area contributed by atoms with Crippen LogP contribution in [-0.4, -0.2) is 47.4 Å². The van der Waals surface area contributed by atoms with Gasteiger partial charge in [0.15, 0.2) is 11.5 Å². The van der Waals surface area contributed by atoms with Crippen LogP contribution in [0.1, 0.15) is 22.3 Å². The lowest BCUT2D eigenvalue weighted by Crippen LogP contribution is -2.41. The molecule has 0 saturated heterocycles. The van der Waals surface area contributed by atoms with Gasteiger partial charge in [0, 0.05) is 24.1 Å². The van der Waals surface area contributed by atoms with Crippen LogP contribution >= 0.6 is 11.8 Å². The Bertz CT molecular complexity index is 1320. The molecular weight excluding hydrogens is 508 g/mol. The first kappa shape index (κ1) is 28.4. The van der Waals surface area contributed by atoms with Gasteiger partial charge in [-0.1, -0.05) is 30.3 Å². The number of methoxy groups -OCH3 is 2. The fraction of sp³-hybridized carbons (Fsp3) is 0.321. The van der Waals surface area contributed by atoms with Crippen LogP contribution in [0.25, 0.3) is 0 Å². The largest absolute Gasteiger partial charge is 0.493 e. The van der Waals surface area contributed by atoms with Crippen molar-refractivity contribution in [1.29, 1.82) is 0 Å². The maximum atomic E-state index is 13.8. The molecule has 0 aliphatic rings. The van der Waals surface area contributed by atoms with E-state index in [1.54, 1.807) is 23.9 Å². The molecule has 7 nitrogen and oxygen atoms in total. The van der Waals surface area contributed by atoms with Gasteiger partial charge in [-0.05, 0) is 67.3 Å². The van der Waals surface area contributed by atoms with Gasteiger partial charge in [0.25, 0.3) is 10.0 Å². The average molecular weight is 543 g/mol. The highest BCUT2D eigenvalue weighted by Crippen LogP contribution is 2.32. The van der Waals surface area contributed by atoms with Crippen molar-refractivity contribution in [3.8, 4) is 11.5 Å². The van der Waals surface area contributed by atoms with Crippen LogP contribution in [0.2, 0.25) is 0 Å². The maximum absolute atomic E-state index is 13.8. The smallest absolute Gasteiger partial charge is 0.264 e. The number of sulfonamides is 1. The number of amides is 1. The second-order valence-electron chi connectivity index (χ2n) is 8.70. The lowest BCUT2D eigenvalue weighted by atomic mass is 10.1. The quantitative estimate of drug-likeness (QED) is 0.329. The molecule has 0 fully saturated rings. The summed E-state index contributed by atoms with van der Waals surface area (Å²) in [6.45, 7) is 5.96. The number of rotatable bonds is 12.